The zero-order valence-corrected chi connectivity index (χ0v) is 14.9. The molecule has 0 saturated heterocycles. The summed E-state index contributed by atoms with van der Waals surface area (Å²) in [6.45, 7) is 0.106. The normalized spacial score (nSPS) is 11.0. The van der Waals surface area contributed by atoms with Crippen LogP contribution in [0.25, 0.3) is 16.6 Å². The van der Waals surface area contributed by atoms with Crippen molar-refractivity contribution in [2.45, 2.75) is 6.54 Å². The molecule has 9 heteroatoms. The number of amides is 1. The fourth-order valence-corrected chi connectivity index (χ4v) is 2.95. The molecule has 8 nitrogen and oxygen atoms in total. The lowest BCUT2D eigenvalue weighted by molar-refractivity contribution is 0.0601. The number of esters is 1. The van der Waals surface area contributed by atoms with Crippen LogP contribution in [0.3, 0.4) is 0 Å². The standard InChI is InChI=1S/C18H13ClN4O4/c1-26-18(25)11-3-4-14(19)12-7-10(27-15(11)12)8-21-17(24)13-9-22-23-6-2-5-20-16(13)23/h2-7,9H,8H2,1H3,(H,21,24). The van der Waals surface area contributed by atoms with Gasteiger partial charge in [-0.15, -0.1) is 0 Å². The number of furan rings is 1. The molecule has 0 aliphatic heterocycles. The maximum atomic E-state index is 12.5. The van der Waals surface area contributed by atoms with Crippen molar-refractivity contribution < 1.29 is 18.7 Å². The number of nitrogens with zero attached hydrogens (tertiary/aromatic N) is 3. The lowest BCUT2D eigenvalue weighted by Crippen LogP contribution is -2.22. The highest BCUT2D eigenvalue weighted by molar-refractivity contribution is 6.35. The molecule has 0 aliphatic rings. The van der Waals surface area contributed by atoms with Crippen molar-refractivity contribution in [1.82, 2.24) is 19.9 Å². The largest absolute Gasteiger partial charge is 0.465 e. The van der Waals surface area contributed by atoms with Gasteiger partial charge in [0.15, 0.2) is 5.65 Å². The van der Waals surface area contributed by atoms with Crippen LogP contribution < -0.4 is 5.32 Å². The van der Waals surface area contributed by atoms with E-state index in [1.807, 2.05) is 0 Å². The van der Waals surface area contributed by atoms with Crippen LogP contribution in [-0.2, 0) is 11.3 Å². The lowest BCUT2D eigenvalue weighted by atomic mass is 10.1. The minimum Gasteiger partial charge on any atom is -0.465 e. The fourth-order valence-electron chi connectivity index (χ4n) is 2.75. The predicted molar refractivity (Wildman–Crippen MR) is 96.7 cm³/mol. The Balaban J connectivity index is 1.59. The Hall–Kier alpha value is -3.39. The molecule has 0 bridgehead atoms. The van der Waals surface area contributed by atoms with Crippen molar-refractivity contribution >= 4 is 40.1 Å². The third kappa shape index (κ3) is 3.00. The number of benzene rings is 1. The zero-order chi connectivity index (χ0) is 19.0. The summed E-state index contributed by atoms with van der Waals surface area (Å²) in [7, 11) is 1.29. The number of halogens is 1. The molecular formula is C18H13ClN4O4. The summed E-state index contributed by atoms with van der Waals surface area (Å²) in [6, 6.07) is 6.53. The van der Waals surface area contributed by atoms with Gasteiger partial charge in [-0.25, -0.2) is 14.3 Å². The van der Waals surface area contributed by atoms with E-state index in [4.69, 9.17) is 20.8 Å². The van der Waals surface area contributed by atoms with Crippen LogP contribution >= 0.6 is 11.6 Å². The van der Waals surface area contributed by atoms with Gasteiger partial charge in [0.25, 0.3) is 5.91 Å². The van der Waals surface area contributed by atoms with Gasteiger partial charge in [0.1, 0.15) is 22.5 Å². The fraction of sp³-hybridized carbons (Fsp3) is 0.111. The molecule has 4 rings (SSSR count). The Bertz CT molecular complexity index is 1180. The van der Waals surface area contributed by atoms with Crippen LogP contribution in [0.5, 0.6) is 0 Å². The Kier molecular flexibility index (Phi) is 4.25. The Morgan fingerprint density at radius 2 is 2.19 bits per heavy atom. The molecule has 0 unspecified atom stereocenters. The molecule has 0 aliphatic carbocycles. The van der Waals surface area contributed by atoms with Crippen LogP contribution in [0.4, 0.5) is 0 Å². The highest BCUT2D eigenvalue weighted by Crippen LogP contribution is 2.30. The van der Waals surface area contributed by atoms with Gasteiger partial charge in [-0.05, 0) is 24.3 Å². The van der Waals surface area contributed by atoms with E-state index in [1.165, 1.54) is 23.9 Å². The van der Waals surface area contributed by atoms with E-state index < -0.39 is 5.97 Å². The van der Waals surface area contributed by atoms with Crippen LogP contribution in [0.1, 0.15) is 26.5 Å². The van der Waals surface area contributed by atoms with Crippen molar-refractivity contribution in [3.63, 3.8) is 0 Å². The second-order valence-electron chi connectivity index (χ2n) is 5.67. The monoisotopic (exact) mass is 384 g/mol. The van der Waals surface area contributed by atoms with E-state index in [-0.39, 0.29) is 18.0 Å². The number of carbonyl (C=O) groups excluding carboxylic acids is 2. The number of hydrogen-bond donors (Lipinski definition) is 1. The van der Waals surface area contributed by atoms with Gasteiger partial charge in [0.2, 0.25) is 0 Å². The molecule has 1 aromatic carbocycles. The second kappa shape index (κ2) is 6.73. The van der Waals surface area contributed by atoms with Gasteiger partial charge < -0.3 is 14.5 Å². The first kappa shape index (κ1) is 17.0. The molecule has 3 aromatic heterocycles. The molecule has 0 spiro atoms. The quantitative estimate of drug-likeness (QED) is 0.543. The maximum Gasteiger partial charge on any atom is 0.341 e. The van der Waals surface area contributed by atoms with Gasteiger partial charge in [-0.1, -0.05) is 11.6 Å². The molecule has 0 atom stereocenters. The number of carbonyl (C=O) groups is 2. The molecule has 136 valence electrons. The lowest BCUT2D eigenvalue weighted by Gasteiger charge is -2.02. The number of ether oxygens (including phenoxy) is 1. The molecule has 27 heavy (non-hydrogen) atoms. The van der Waals surface area contributed by atoms with E-state index in [1.54, 1.807) is 30.6 Å². The van der Waals surface area contributed by atoms with E-state index in [0.717, 1.165) is 0 Å². The number of methoxy groups -OCH3 is 1. The van der Waals surface area contributed by atoms with E-state index in [2.05, 4.69) is 15.4 Å². The summed E-state index contributed by atoms with van der Waals surface area (Å²) < 4.78 is 12.0. The van der Waals surface area contributed by atoms with E-state index >= 15 is 0 Å². The molecular weight excluding hydrogens is 372 g/mol. The Morgan fingerprint density at radius 1 is 1.33 bits per heavy atom. The molecule has 0 radical (unpaired) electrons. The zero-order valence-electron chi connectivity index (χ0n) is 14.1. The summed E-state index contributed by atoms with van der Waals surface area (Å²) in [5, 5.41) is 7.84. The minimum absolute atomic E-state index is 0.106. The first-order chi connectivity index (χ1) is 13.1. The van der Waals surface area contributed by atoms with Gasteiger partial charge in [-0.3, -0.25) is 4.79 Å². The smallest absolute Gasteiger partial charge is 0.341 e. The molecule has 3 heterocycles. The third-order valence-corrected chi connectivity index (χ3v) is 4.36. The molecule has 0 saturated carbocycles. The second-order valence-corrected chi connectivity index (χ2v) is 6.08. The third-order valence-electron chi connectivity index (χ3n) is 4.03. The van der Waals surface area contributed by atoms with E-state index in [9.17, 15) is 9.59 Å². The molecule has 4 aromatic rings. The van der Waals surface area contributed by atoms with Crippen molar-refractivity contribution in [2.75, 3.05) is 7.11 Å². The van der Waals surface area contributed by atoms with Gasteiger partial charge in [0, 0.05) is 17.8 Å². The summed E-state index contributed by atoms with van der Waals surface area (Å²) in [5.41, 5.74) is 1.38. The first-order valence-electron chi connectivity index (χ1n) is 7.94. The highest BCUT2D eigenvalue weighted by Gasteiger charge is 2.18. The molecule has 1 N–H and O–H groups in total. The van der Waals surface area contributed by atoms with E-state index in [0.29, 0.717) is 33.0 Å². The van der Waals surface area contributed by atoms with Crippen molar-refractivity contribution in [3.05, 3.63) is 64.8 Å². The maximum absolute atomic E-state index is 12.5. The number of nitrogens with one attached hydrogen (secondary N) is 1. The first-order valence-corrected chi connectivity index (χ1v) is 8.32. The Morgan fingerprint density at radius 3 is 3.00 bits per heavy atom. The van der Waals surface area contributed by atoms with Crippen molar-refractivity contribution in [1.29, 1.82) is 0 Å². The summed E-state index contributed by atoms with van der Waals surface area (Å²) in [6.07, 6.45) is 4.74. The average molecular weight is 385 g/mol. The molecule has 1 amide bonds. The summed E-state index contributed by atoms with van der Waals surface area (Å²) in [4.78, 5) is 28.5. The number of hydrogen-bond acceptors (Lipinski definition) is 6. The highest BCUT2D eigenvalue weighted by atomic mass is 35.5. The summed E-state index contributed by atoms with van der Waals surface area (Å²) >= 11 is 6.18. The number of fused-ring (bicyclic) bond motifs is 2. The van der Waals surface area contributed by atoms with Crippen molar-refractivity contribution in [2.24, 2.45) is 0 Å². The van der Waals surface area contributed by atoms with Crippen LogP contribution in [0.2, 0.25) is 5.02 Å². The van der Waals surface area contributed by atoms with Crippen LogP contribution in [0, 0.1) is 0 Å². The Labute approximate surface area is 157 Å². The van der Waals surface area contributed by atoms with Crippen LogP contribution in [0.15, 0.2) is 47.3 Å². The topological polar surface area (TPSA) is 98.7 Å². The predicted octanol–water partition coefficient (Wildman–Crippen LogP) is 2.85. The average Bonchev–Trinajstić information content (AvgIpc) is 3.31. The van der Waals surface area contributed by atoms with Crippen molar-refractivity contribution in [3.8, 4) is 0 Å². The van der Waals surface area contributed by atoms with Gasteiger partial charge in [0.05, 0.1) is 24.9 Å². The number of aromatic nitrogens is 3. The summed E-state index contributed by atoms with van der Waals surface area (Å²) in [5.74, 6) is -0.427. The minimum atomic E-state index is -0.529. The van der Waals surface area contributed by atoms with Gasteiger partial charge in [-0.2, -0.15) is 5.10 Å². The molecule has 0 fully saturated rings. The SMILES string of the molecule is COC(=O)c1ccc(Cl)c2cc(CNC(=O)c3cnn4cccnc34)oc12. The van der Waals surface area contributed by atoms with Gasteiger partial charge >= 0.3 is 5.97 Å². The van der Waals surface area contributed by atoms with Crippen LogP contribution in [-0.4, -0.2) is 33.6 Å². The number of rotatable bonds is 4.